The summed E-state index contributed by atoms with van der Waals surface area (Å²) in [6.45, 7) is 2.21. The number of halogens is 1. The fourth-order valence-corrected chi connectivity index (χ4v) is 2.06. The van der Waals surface area contributed by atoms with E-state index in [-0.39, 0.29) is 16.7 Å². The lowest BCUT2D eigenvalue weighted by atomic mass is 10.6. The van der Waals surface area contributed by atoms with E-state index in [0.29, 0.717) is 11.7 Å². The third kappa shape index (κ3) is 2.28. The molecule has 17 heavy (non-hydrogen) atoms. The van der Waals surface area contributed by atoms with E-state index in [4.69, 9.17) is 5.73 Å². The molecule has 0 unspecified atom stereocenters. The van der Waals surface area contributed by atoms with Gasteiger partial charge in [0.05, 0.1) is 6.20 Å². The predicted octanol–water partition coefficient (Wildman–Crippen LogP) is 0.254. The van der Waals surface area contributed by atoms with Crippen molar-refractivity contribution in [1.29, 1.82) is 0 Å². The molecule has 3 N–H and O–H groups in total. The summed E-state index contributed by atoms with van der Waals surface area (Å²) in [5.41, 5.74) is 5.01. The monoisotopic (exact) mass is 256 g/mol. The van der Waals surface area contributed by atoms with Crippen LogP contribution in [0.25, 0.3) is 0 Å². The SMILES string of the molecule is CCn1c(Sc2nc(N)ncc2F)n[nH]c1=O. The van der Waals surface area contributed by atoms with Gasteiger partial charge in [0.1, 0.15) is 5.03 Å². The van der Waals surface area contributed by atoms with Gasteiger partial charge in [0.25, 0.3) is 0 Å². The first-order chi connectivity index (χ1) is 8.11. The maximum atomic E-state index is 13.4. The molecule has 0 aliphatic carbocycles. The van der Waals surface area contributed by atoms with Crippen LogP contribution in [0.2, 0.25) is 0 Å². The molecule has 0 aromatic carbocycles. The highest BCUT2D eigenvalue weighted by molar-refractivity contribution is 7.99. The van der Waals surface area contributed by atoms with Crippen LogP contribution in [-0.4, -0.2) is 24.7 Å². The van der Waals surface area contributed by atoms with Gasteiger partial charge in [-0.2, -0.15) is 0 Å². The lowest BCUT2D eigenvalue weighted by molar-refractivity contribution is 0.578. The molecule has 0 saturated carbocycles. The highest BCUT2D eigenvalue weighted by Crippen LogP contribution is 2.25. The molecule has 2 rings (SSSR count). The summed E-state index contributed by atoms with van der Waals surface area (Å²) in [6.07, 6.45) is 0.978. The number of aromatic amines is 1. The number of anilines is 1. The molecule has 0 amide bonds. The molecule has 7 nitrogen and oxygen atoms in total. The van der Waals surface area contributed by atoms with Crippen LogP contribution in [0.3, 0.4) is 0 Å². The standard InChI is InChI=1S/C8H9FN6OS/c1-2-15-7(16)13-14-8(15)17-5-4(9)3-11-6(10)12-5/h3H,2H2,1H3,(H,13,16)(H2,10,11,12). The Morgan fingerprint density at radius 1 is 1.65 bits per heavy atom. The number of aromatic nitrogens is 5. The van der Waals surface area contributed by atoms with Crippen molar-refractivity contribution in [2.75, 3.05) is 5.73 Å². The minimum atomic E-state index is -0.609. The van der Waals surface area contributed by atoms with Gasteiger partial charge in [-0.1, -0.05) is 0 Å². The quantitative estimate of drug-likeness (QED) is 0.763. The fourth-order valence-electron chi connectivity index (χ4n) is 1.18. The second-order valence-electron chi connectivity index (χ2n) is 3.04. The third-order valence-electron chi connectivity index (χ3n) is 1.96. The highest BCUT2D eigenvalue weighted by atomic mass is 32.2. The second kappa shape index (κ2) is 4.53. The van der Waals surface area contributed by atoms with Gasteiger partial charge in [-0.25, -0.2) is 24.3 Å². The molecule has 0 bridgehead atoms. The molecule has 0 radical (unpaired) electrons. The highest BCUT2D eigenvalue weighted by Gasteiger charge is 2.13. The molecule has 0 aliphatic heterocycles. The van der Waals surface area contributed by atoms with Crippen molar-refractivity contribution in [3.05, 3.63) is 22.5 Å². The average molecular weight is 256 g/mol. The summed E-state index contributed by atoms with van der Waals surface area (Å²) in [4.78, 5) is 18.5. The van der Waals surface area contributed by atoms with Gasteiger partial charge >= 0.3 is 5.69 Å². The maximum absolute atomic E-state index is 13.4. The Kier molecular flexibility index (Phi) is 3.09. The van der Waals surface area contributed by atoms with E-state index in [9.17, 15) is 9.18 Å². The Morgan fingerprint density at radius 2 is 2.41 bits per heavy atom. The Bertz CT molecular complexity index is 594. The van der Waals surface area contributed by atoms with Crippen molar-refractivity contribution < 1.29 is 4.39 Å². The molecule has 2 aromatic heterocycles. The van der Waals surface area contributed by atoms with Crippen molar-refractivity contribution in [2.24, 2.45) is 0 Å². The van der Waals surface area contributed by atoms with Crippen molar-refractivity contribution in [2.45, 2.75) is 23.7 Å². The normalized spacial score (nSPS) is 10.7. The summed E-state index contributed by atoms with van der Waals surface area (Å²) in [5.74, 6) is -0.642. The van der Waals surface area contributed by atoms with Gasteiger partial charge in [0, 0.05) is 6.54 Å². The number of hydrogen-bond donors (Lipinski definition) is 2. The van der Waals surface area contributed by atoms with E-state index in [0.717, 1.165) is 18.0 Å². The smallest absolute Gasteiger partial charge is 0.343 e. The van der Waals surface area contributed by atoms with Gasteiger partial charge in [-0.15, -0.1) is 5.10 Å². The van der Waals surface area contributed by atoms with E-state index in [1.54, 1.807) is 6.92 Å². The lowest BCUT2D eigenvalue weighted by Crippen LogP contribution is -2.16. The maximum Gasteiger partial charge on any atom is 0.343 e. The molecule has 0 spiro atoms. The average Bonchev–Trinajstić information content (AvgIpc) is 2.64. The predicted molar refractivity (Wildman–Crippen MR) is 59.0 cm³/mol. The van der Waals surface area contributed by atoms with Crippen LogP contribution >= 0.6 is 11.8 Å². The number of rotatable bonds is 3. The molecule has 0 aliphatic rings. The van der Waals surface area contributed by atoms with Crippen LogP contribution < -0.4 is 11.4 Å². The molecular formula is C8H9FN6OS. The van der Waals surface area contributed by atoms with Gasteiger partial charge < -0.3 is 5.73 Å². The molecule has 0 atom stereocenters. The van der Waals surface area contributed by atoms with Crippen molar-refractivity contribution >= 4 is 17.7 Å². The Hall–Kier alpha value is -1.90. The molecule has 9 heteroatoms. The van der Waals surface area contributed by atoms with E-state index in [1.807, 2.05) is 0 Å². The van der Waals surface area contributed by atoms with Crippen molar-refractivity contribution in [3.8, 4) is 0 Å². The van der Waals surface area contributed by atoms with Crippen molar-refractivity contribution in [3.63, 3.8) is 0 Å². The minimum Gasteiger partial charge on any atom is -0.368 e. The lowest BCUT2D eigenvalue weighted by Gasteiger charge is -2.02. The second-order valence-corrected chi connectivity index (χ2v) is 3.99. The summed E-state index contributed by atoms with van der Waals surface area (Å²) in [6, 6.07) is 0. The van der Waals surface area contributed by atoms with Crippen LogP contribution in [0.1, 0.15) is 6.92 Å². The van der Waals surface area contributed by atoms with Gasteiger partial charge in [-0.05, 0) is 18.7 Å². The number of nitrogens with zero attached hydrogens (tertiary/aromatic N) is 4. The van der Waals surface area contributed by atoms with E-state index in [1.165, 1.54) is 4.57 Å². The molecule has 90 valence electrons. The Morgan fingerprint density at radius 3 is 3.12 bits per heavy atom. The minimum absolute atomic E-state index is 0.0326. The fraction of sp³-hybridized carbons (Fsp3) is 0.250. The Labute approximate surface area is 99.3 Å². The van der Waals surface area contributed by atoms with Crippen LogP contribution in [0, 0.1) is 5.82 Å². The molecule has 2 aromatic rings. The van der Waals surface area contributed by atoms with Crippen LogP contribution in [0.4, 0.5) is 10.3 Å². The zero-order valence-corrected chi connectivity index (χ0v) is 9.66. The van der Waals surface area contributed by atoms with E-state index in [2.05, 4.69) is 20.2 Å². The summed E-state index contributed by atoms with van der Waals surface area (Å²) < 4.78 is 14.7. The Balaban J connectivity index is 2.37. The van der Waals surface area contributed by atoms with Crippen LogP contribution in [0.15, 0.2) is 21.2 Å². The summed E-state index contributed by atoms with van der Waals surface area (Å²) in [5, 5.41) is 6.42. The molecule has 2 heterocycles. The van der Waals surface area contributed by atoms with E-state index >= 15 is 0 Å². The van der Waals surface area contributed by atoms with Gasteiger partial charge in [0.2, 0.25) is 5.95 Å². The topological polar surface area (TPSA) is 102 Å². The van der Waals surface area contributed by atoms with Crippen LogP contribution in [0.5, 0.6) is 0 Å². The first kappa shape index (κ1) is 11.6. The van der Waals surface area contributed by atoms with Crippen LogP contribution in [-0.2, 0) is 6.54 Å². The molecular weight excluding hydrogens is 247 g/mol. The number of hydrogen-bond acceptors (Lipinski definition) is 6. The number of nitrogens with one attached hydrogen (secondary N) is 1. The zero-order valence-electron chi connectivity index (χ0n) is 8.85. The molecule has 0 fully saturated rings. The first-order valence-electron chi connectivity index (χ1n) is 4.73. The first-order valence-corrected chi connectivity index (χ1v) is 5.54. The molecule has 0 saturated heterocycles. The third-order valence-corrected chi connectivity index (χ3v) is 2.93. The van der Waals surface area contributed by atoms with Gasteiger partial charge in [0.15, 0.2) is 11.0 Å². The number of nitrogen functional groups attached to an aromatic ring is 1. The van der Waals surface area contributed by atoms with Crippen molar-refractivity contribution in [1.82, 2.24) is 24.7 Å². The van der Waals surface area contributed by atoms with E-state index < -0.39 is 5.82 Å². The summed E-state index contributed by atoms with van der Waals surface area (Å²) >= 11 is 0.915. The largest absolute Gasteiger partial charge is 0.368 e. The zero-order chi connectivity index (χ0) is 12.4. The number of H-pyrrole nitrogens is 1. The van der Waals surface area contributed by atoms with Gasteiger partial charge in [-0.3, -0.25) is 4.57 Å². The number of nitrogens with two attached hydrogens (primary N) is 1. The summed E-state index contributed by atoms with van der Waals surface area (Å²) in [7, 11) is 0.